The van der Waals surface area contributed by atoms with Crippen LogP contribution >= 0.6 is 0 Å². The first kappa shape index (κ1) is 16.3. The van der Waals surface area contributed by atoms with Crippen LogP contribution in [0, 0.1) is 0 Å². The Bertz CT molecular complexity index is 1000. The molecule has 0 spiro atoms. The monoisotopic (exact) mass is 348 g/mol. The Labute approximate surface area is 150 Å². The van der Waals surface area contributed by atoms with E-state index >= 15 is 0 Å². The maximum Gasteiger partial charge on any atom is 0.261 e. The Morgan fingerprint density at radius 2 is 1.96 bits per heavy atom. The zero-order chi connectivity index (χ0) is 18.1. The third-order valence-corrected chi connectivity index (χ3v) is 4.85. The summed E-state index contributed by atoms with van der Waals surface area (Å²) in [7, 11) is 1.70. The lowest BCUT2D eigenvalue weighted by Gasteiger charge is -2.16. The molecule has 0 fully saturated rings. The number of rotatable bonds is 4. The van der Waals surface area contributed by atoms with Crippen LogP contribution < -0.4 is 5.56 Å². The Morgan fingerprint density at radius 1 is 1.15 bits per heavy atom. The first-order chi connectivity index (χ1) is 12.6. The van der Waals surface area contributed by atoms with Gasteiger partial charge in [0.05, 0.1) is 12.2 Å². The number of aromatic amines is 2. The van der Waals surface area contributed by atoms with Crippen molar-refractivity contribution >= 4 is 5.91 Å². The van der Waals surface area contributed by atoms with Gasteiger partial charge in [-0.1, -0.05) is 30.3 Å². The molecular weight excluding hydrogens is 328 g/mol. The Kier molecular flexibility index (Phi) is 4.16. The van der Waals surface area contributed by atoms with E-state index in [1.165, 1.54) is 11.3 Å². The molecule has 6 nitrogen and oxygen atoms in total. The van der Waals surface area contributed by atoms with E-state index in [1.54, 1.807) is 24.1 Å². The molecular formula is C20H20N4O2. The first-order valence-electron chi connectivity index (χ1n) is 8.72. The van der Waals surface area contributed by atoms with Gasteiger partial charge in [0.15, 0.2) is 0 Å². The lowest BCUT2D eigenvalue weighted by molar-refractivity contribution is 0.0781. The number of hydrogen-bond donors (Lipinski definition) is 2. The summed E-state index contributed by atoms with van der Waals surface area (Å²) in [6, 6.07) is 12.9. The van der Waals surface area contributed by atoms with Crippen molar-refractivity contribution in [1.82, 2.24) is 20.1 Å². The van der Waals surface area contributed by atoms with Gasteiger partial charge in [-0.25, -0.2) is 0 Å². The summed E-state index contributed by atoms with van der Waals surface area (Å²) >= 11 is 0. The summed E-state index contributed by atoms with van der Waals surface area (Å²) in [5, 5.41) is 7.38. The van der Waals surface area contributed by atoms with Crippen LogP contribution in [0.5, 0.6) is 0 Å². The average Bonchev–Trinajstić information content (AvgIpc) is 3.27. The van der Waals surface area contributed by atoms with Gasteiger partial charge < -0.3 is 9.88 Å². The molecule has 0 unspecified atom stereocenters. The highest BCUT2D eigenvalue weighted by molar-refractivity contribution is 5.93. The van der Waals surface area contributed by atoms with Crippen LogP contribution in [-0.4, -0.2) is 33.0 Å². The fraction of sp³-hybridized carbons (Fsp3) is 0.250. The maximum absolute atomic E-state index is 12.7. The molecule has 3 aromatic rings. The molecule has 1 aliphatic rings. The molecule has 0 bridgehead atoms. The Balaban J connectivity index is 1.55. The van der Waals surface area contributed by atoms with Gasteiger partial charge in [0, 0.05) is 18.4 Å². The van der Waals surface area contributed by atoms with Crippen molar-refractivity contribution < 1.29 is 4.79 Å². The van der Waals surface area contributed by atoms with Crippen molar-refractivity contribution in [3.63, 3.8) is 0 Å². The SMILES string of the molecule is CN(Cc1n[nH]c2c1CCC2)C(=O)c1ccc(-c2ccccc2)[nH]c1=O. The van der Waals surface area contributed by atoms with Gasteiger partial charge in [-0.15, -0.1) is 0 Å². The van der Waals surface area contributed by atoms with E-state index < -0.39 is 0 Å². The average molecular weight is 348 g/mol. The lowest BCUT2D eigenvalue weighted by atomic mass is 10.1. The summed E-state index contributed by atoms with van der Waals surface area (Å²) in [5.74, 6) is -0.305. The first-order valence-corrected chi connectivity index (χ1v) is 8.72. The van der Waals surface area contributed by atoms with Gasteiger partial charge in [-0.05, 0) is 42.5 Å². The molecule has 4 rings (SSSR count). The van der Waals surface area contributed by atoms with Gasteiger partial charge in [0.25, 0.3) is 11.5 Å². The highest BCUT2D eigenvalue weighted by atomic mass is 16.2. The minimum Gasteiger partial charge on any atom is -0.336 e. The number of nitrogens with one attached hydrogen (secondary N) is 2. The predicted molar refractivity (Wildman–Crippen MR) is 98.9 cm³/mol. The summed E-state index contributed by atoms with van der Waals surface area (Å²) in [6.45, 7) is 0.393. The normalized spacial score (nSPS) is 12.8. The summed E-state index contributed by atoms with van der Waals surface area (Å²) < 4.78 is 0. The van der Waals surface area contributed by atoms with Gasteiger partial charge in [-0.3, -0.25) is 14.7 Å². The van der Waals surface area contributed by atoms with Crippen molar-refractivity contribution in [3.05, 3.63) is 75.3 Å². The molecule has 2 N–H and O–H groups in total. The summed E-state index contributed by atoms with van der Waals surface area (Å²) in [6.07, 6.45) is 3.13. The molecule has 0 atom stereocenters. The lowest BCUT2D eigenvalue weighted by Crippen LogP contribution is -2.31. The minimum atomic E-state index is -0.379. The fourth-order valence-electron chi connectivity index (χ4n) is 3.45. The summed E-state index contributed by atoms with van der Waals surface area (Å²) in [4.78, 5) is 29.5. The molecule has 0 radical (unpaired) electrons. The van der Waals surface area contributed by atoms with E-state index in [1.807, 2.05) is 30.3 Å². The number of aryl methyl sites for hydroxylation is 1. The van der Waals surface area contributed by atoms with Crippen LogP contribution in [0.15, 0.2) is 47.3 Å². The second-order valence-corrected chi connectivity index (χ2v) is 6.62. The number of fused-ring (bicyclic) bond motifs is 1. The van der Waals surface area contributed by atoms with Crippen molar-refractivity contribution in [2.45, 2.75) is 25.8 Å². The number of benzene rings is 1. The molecule has 2 aromatic heterocycles. The number of pyridine rings is 1. The predicted octanol–water partition coefficient (Wildman–Crippen LogP) is 2.53. The number of aromatic nitrogens is 3. The van der Waals surface area contributed by atoms with E-state index in [9.17, 15) is 9.59 Å². The van der Waals surface area contributed by atoms with Crippen LogP contribution in [0.2, 0.25) is 0 Å². The van der Waals surface area contributed by atoms with Crippen LogP contribution in [0.25, 0.3) is 11.3 Å². The third kappa shape index (κ3) is 2.94. The third-order valence-electron chi connectivity index (χ3n) is 4.85. The van der Waals surface area contributed by atoms with Crippen molar-refractivity contribution in [2.75, 3.05) is 7.05 Å². The molecule has 0 saturated carbocycles. The van der Waals surface area contributed by atoms with E-state index in [2.05, 4.69) is 15.2 Å². The number of carbonyl (C=O) groups is 1. The number of carbonyl (C=O) groups excluding carboxylic acids is 1. The highest BCUT2D eigenvalue weighted by Gasteiger charge is 2.22. The smallest absolute Gasteiger partial charge is 0.261 e. The largest absolute Gasteiger partial charge is 0.336 e. The fourth-order valence-corrected chi connectivity index (χ4v) is 3.45. The van der Waals surface area contributed by atoms with Crippen LogP contribution in [0.3, 0.4) is 0 Å². The second kappa shape index (κ2) is 6.63. The van der Waals surface area contributed by atoms with Gasteiger partial charge in [0.1, 0.15) is 5.56 Å². The molecule has 6 heteroatoms. The van der Waals surface area contributed by atoms with Crippen molar-refractivity contribution in [3.8, 4) is 11.3 Å². The number of amides is 1. The Morgan fingerprint density at radius 3 is 2.73 bits per heavy atom. The topological polar surface area (TPSA) is 81.8 Å². The van der Waals surface area contributed by atoms with Crippen molar-refractivity contribution in [2.24, 2.45) is 0 Å². The highest BCUT2D eigenvalue weighted by Crippen LogP contribution is 2.23. The van der Waals surface area contributed by atoms with Crippen LogP contribution in [0.1, 0.15) is 33.7 Å². The van der Waals surface area contributed by atoms with E-state index in [4.69, 9.17) is 0 Å². The zero-order valence-electron chi connectivity index (χ0n) is 14.6. The van der Waals surface area contributed by atoms with Gasteiger partial charge in [0.2, 0.25) is 0 Å². The molecule has 0 saturated heterocycles. The quantitative estimate of drug-likeness (QED) is 0.760. The minimum absolute atomic E-state index is 0.138. The molecule has 26 heavy (non-hydrogen) atoms. The zero-order valence-corrected chi connectivity index (χ0v) is 14.6. The van der Waals surface area contributed by atoms with Crippen LogP contribution in [-0.2, 0) is 19.4 Å². The number of nitrogens with zero attached hydrogens (tertiary/aromatic N) is 2. The molecule has 1 amide bonds. The molecule has 2 heterocycles. The number of hydrogen-bond acceptors (Lipinski definition) is 3. The molecule has 0 aliphatic heterocycles. The second-order valence-electron chi connectivity index (χ2n) is 6.62. The van der Waals surface area contributed by atoms with Crippen LogP contribution in [0.4, 0.5) is 0 Å². The Hall–Kier alpha value is -3.15. The van der Waals surface area contributed by atoms with E-state index in [0.717, 1.165) is 30.5 Å². The van der Waals surface area contributed by atoms with Crippen molar-refractivity contribution in [1.29, 1.82) is 0 Å². The maximum atomic E-state index is 12.7. The van der Waals surface area contributed by atoms with Gasteiger partial charge in [-0.2, -0.15) is 5.10 Å². The van der Waals surface area contributed by atoms with Gasteiger partial charge >= 0.3 is 0 Å². The number of H-pyrrole nitrogens is 2. The molecule has 1 aromatic carbocycles. The molecule has 1 aliphatic carbocycles. The summed E-state index contributed by atoms with van der Waals surface area (Å²) in [5.41, 5.74) is 4.65. The van der Waals surface area contributed by atoms with E-state index in [-0.39, 0.29) is 17.0 Å². The standard InChI is InChI=1S/C20H20N4O2/c1-24(12-18-14-8-5-9-17(14)22-23-18)20(26)15-10-11-16(21-19(15)25)13-6-3-2-4-7-13/h2-4,6-7,10-11H,5,8-9,12H2,1H3,(H,21,25)(H,22,23). The molecule has 132 valence electrons. The van der Waals surface area contributed by atoms with E-state index in [0.29, 0.717) is 12.2 Å².